The van der Waals surface area contributed by atoms with Crippen LogP contribution in [0.2, 0.25) is 0 Å². The molecule has 0 aliphatic rings. The molecule has 1 atom stereocenters. The topological polar surface area (TPSA) is 104 Å². The van der Waals surface area contributed by atoms with Crippen LogP contribution in [0.25, 0.3) is 10.9 Å². The van der Waals surface area contributed by atoms with E-state index in [9.17, 15) is 9.18 Å². The van der Waals surface area contributed by atoms with Gasteiger partial charge in [0, 0.05) is 47.4 Å². The molecule has 0 fully saturated rings. The number of methoxy groups -OCH3 is 2. The van der Waals surface area contributed by atoms with E-state index in [0.29, 0.717) is 46.6 Å². The lowest BCUT2D eigenvalue weighted by Gasteiger charge is -2.16. The fraction of sp³-hybridized carbons (Fsp3) is 0.192. The minimum atomic E-state index is -1.01. The van der Waals surface area contributed by atoms with Crippen LogP contribution in [0.1, 0.15) is 10.4 Å². The van der Waals surface area contributed by atoms with Crippen molar-refractivity contribution < 1.29 is 32.5 Å². The van der Waals surface area contributed by atoms with Gasteiger partial charge in [-0.25, -0.2) is 9.37 Å². The second-order valence-electron chi connectivity index (χ2n) is 7.89. The molecule has 2 aromatic carbocycles. The van der Waals surface area contributed by atoms with E-state index in [2.05, 4.69) is 29.8 Å². The number of nitrogens with zero attached hydrogens (tertiary/aromatic N) is 2. The Hall–Kier alpha value is -4.08. The molecular formula is C26H25F2N4O5P. The summed E-state index contributed by atoms with van der Waals surface area (Å²) in [4.78, 5) is 20.5. The van der Waals surface area contributed by atoms with Crippen LogP contribution >= 0.6 is 9.24 Å². The van der Waals surface area contributed by atoms with Gasteiger partial charge in [-0.15, -0.1) is 9.24 Å². The van der Waals surface area contributed by atoms with Gasteiger partial charge in [0.2, 0.25) is 5.95 Å². The van der Waals surface area contributed by atoms with E-state index in [4.69, 9.17) is 18.9 Å². The molecule has 4 aromatic rings. The molecule has 38 heavy (non-hydrogen) atoms. The van der Waals surface area contributed by atoms with Crippen molar-refractivity contribution in [2.75, 3.05) is 39.7 Å². The molecule has 12 heteroatoms. The fourth-order valence-electron chi connectivity index (χ4n) is 3.65. The zero-order valence-electron chi connectivity index (χ0n) is 20.8. The summed E-state index contributed by atoms with van der Waals surface area (Å²) in [6.07, 6.45) is 2.71. The lowest BCUT2D eigenvalue weighted by Crippen LogP contribution is -2.17. The zero-order chi connectivity index (χ0) is 27.2. The number of likely N-dealkylation sites (N-methyl/N-ethyl adjacent to an activating group) is 1. The number of hydrogen-bond acceptors (Lipinski definition) is 8. The van der Waals surface area contributed by atoms with Crippen LogP contribution in [0.5, 0.6) is 28.7 Å². The number of ether oxygens (including phenoxy) is 4. The van der Waals surface area contributed by atoms with Crippen molar-refractivity contribution in [1.29, 1.82) is 0 Å². The number of rotatable bonds is 10. The summed E-state index contributed by atoms with van der Waals surface area (Å²) in [5, 5.41) is 6.35. The predicted octanol–water partition coefficient (Wildman–Crippen LogP) is 4.07. The molecule has 0 saturated carbocycles. The molecular weight excluding hydrogens is 517 g/mol. The average Bonchev–Trinajstić information content (AvgIpc) is 2.90. The quantitative estimate of drug-likeness (QED) is 0.176. The van der Waals surface area contributed by atoms with Gasteiger partial charge in [0.05, 0.1) is 19.7 Å². The molecule has 4 rings (SSSR count). The molecule has 198 valence electrons. The third-order valence-electron chi connectivity index (χ3n) is 5.45. The number of amides is 1. The van der Waals surface area contributed by atoms with Crippen LogP contribution in [0.3, 0.4) is 0 Å². The van der Waals surface area contributed by atoms with Crippen LogP contribution < -0.4 is 34.9 Å². The number of aromatic nitrogens is 2. The lowest BCUT2D eigenvalue weighted by molar-refractivity contribution is 0.101. The minimum absolute atomic E-state index is 0.00268. The second kappa shape index (κ2) is 12.0. The van der Waals surface area contributed by atoms with Crippen LogP contribution in [0.15, 0.2) is 48.8 Å². The molecule has 0 aliphatic carbocycles. The van der Waals surface area contributed by atoms with Crippen LogP contribution in [-0.2, 0) is 0 Å². The highest BCUT2D eigenvalue weighted by Gasteiger charge is 2.21. The number of fused-ring (bicyclic) bond motifs is 1. The highest BCUT2D eigenvalue weighted by atomic mass is 31.0. The number of pyridine rings is 2. The number of carbonyl (C=O) groups excluding carboxylic acids is 1. The van der Waals surface area contributed by atoms with Gasteiger partial charge in [-0.2, -0.15) is 4.39 Å². The van der Waals surface area contributed by atoms with E-state index in [1.807, 2.05) is 7.05 Å². The van der Waals surface area contributed by atoms with Crippen molar-refractivity contribution in [1.82, 2.24) is 15.3 Å². The SMILES string of the molecule is CNCCOc1cc2nccc(Oc3c(F)cc(NC(=O)c4c(OC)ccnc4F)cc3P)c2cc1OC. The molecule has 2 aromatic heterocycles. The Bertz CT molecular complexity index is 1460. The molecule has 1 amide bonds. The van der Waals surface area contributed by atoms with Crippen molar-refractivity contribution in [3.05, 3.63) is 66.1 Å². The first kappa shape index (κ1) is 27.0. The third kappa shape index (κ3) is 5.74. The van der Waals surface area contributed by atoms with Gasteiger partial charge < -0.3 is 29.6 Å². The Balaban J connectivity index is 1.62. The highest BCUT2D eigenvalue weighted by Crippen LogP contribution is 2.38. The number of halogens is 2. The summed E-state index contributed by atoms with van der Waals surface area (Å²) in [5.41, 5.74) is 0.247. The van der Waals surface area contributed by atoms with E-state index < -0.39 is 23.2 Å². The molecule has 0 bridgehead atoms. The summed E-state index contributed by atoms with van der Waals surface area (Å²) in [6, 6.07) is 8.91. The van der Waals surface area contributed by atoms with E-state index in [0.717, 1.165) is 6.07 Å². The molecule has 2 heterocycles. The Morgan fingerprint density at radius 1 is 0.974 bits per heavy atom. The average molecular weight is 542 g/mol. The van der Waals surface area contributed by atoms with E-state index in [1.165, 1.54) is 38.7 Å². The van der Waals surface area contributed by atoms with Crippen molar-refractivity contribution in [3.8, 4) is 28.7 Å². The maximum atomic E-state index is 15.2. The van der Waals surface area contributed by atoms with E-state index in [1.54, 1.807) is 18.2 Å². The van der Waals surface area contributed by atoms with Crippen molar-refractivity contribution >= 4 is 37.0 Å². The van der Waals surface area contributed by atoms with Gasteiger partial charge in [-0.1, -0.05) is 0 Å². The summed E-state index contributed by atoms with van der Waals surface area (Å²) >= 11 is 0. The number of benzene rings is 2. The Morgan fingerprint density at radius 2 is 1.71 bits per heavy atom. The summed E-state index contributed by atoms with van der Waals surface area (Å²) < 4.78 is 51.6. The van der Waals surface area contributed by atoms with Gasteiger partial charge in [-0.05, 0) is 31.3 Å². The first-order chi connectivity index (χ1) is 18.4. The number of carbonyl (C=O) groups is 1. The predicted molar refractivity (Wildman–Crippen MR) is 142 cm³/mol. The smallest absolute Gasteiger partial charge is 0.264 e. The monoisotopic (exact) mass is 542 g/mol. The van der Waals surface area contributed by atoms with Crippen molar-refractivity contribution in [2.45, 2.75) is 0 Å². The maximum absolute atomic E-state index is 15.2. The Morgan fingerprint density at radius 3 is 2.42 bits per heavy atom. The first-order valence-electron chi connectivity index (χ1n) is 11.4. The molecule has 0 radical (unpaired) electrons. The molecule has 0 saturated heterocycles. The summed E-state index contributed by atoms with van der Waals surface area (Å²) in [6.45, 7) is 1.08. The maximum Gasteiger partial charge on any atom is 0.264 e. The van der Waals surface area contributed by atoms with Crippen LogP contribution in [0.4, 0.5) is 14.5 Å². The molecule has 2 N–H and O–H groups in total. The molecule has 0 spiro atoms. The van der Waals surface area contributed by atoms with E-state index >= 15 is 4.39 Å². The van der Waals surface area contributed by atoms with Gasteiger partial charge in [0.1, 0.15) is 23.7 Å². The number of anilines is 1. The zero-order valence-corrected chi connectivity index (χ0v) is 22.0. The van der Waals surface area contributed by atoms with Gasteiger partial charge in [0.15, 0.2) is 23.1 Å². The lowest BCUT2D eigenvalue weighted by atomic mass is 10.1. The minimum Gasteiger partial charge on any atom is -0.496 e. The van der Waals surface area contributed by atoms with Crippen LogP contribution in [-0.4, -0.2) is 50.3 Å². The summed E-state index contributed by atoms with van der Waals surface area (Å²) in [7, 11) is 7.00. The van der Waals surface area contributed by atoms with Gasteiger partial charge in [-0.3, -0.25) is 9.78 Å². The third-order valence-corrected chi connectivity index (χ3v) is 5.88. The first-order valence-corrected chi connectivity index (χ1v) is 11.9. The standard InChI is InChI=1S/C26H25F2N4O5P/c1-29-8-9-36-21-13-17-15(12-20(21)35-3)18(4-6-30-17)37-24-16(27)10-14(11-22(24)38)32-26(33)23-19(34-2)5-7-31-25(23)28/h4-7,10-13,29H,8-9,38H2,1-3H3,(H,32,33). The second-order valence-corrected chi connectivity index (χ2v) is 8.51. The largest absolute Gasteiger partial charge is 0.496 e. The fourth-order valence-corrected chi connectivity index (χ4v) is 4.02. The normalized spacial score (nSPS) is 10.8. The van der Waals surface area contributed by atoms with E-state index in [-0.39, 0.29) is 17.2 Å². The van der Waals surface area contributed by atoms with Gasteiger partial charge in [0.25, 0.3) is 5.91 Å². The molecule has 9 nitrogen and oxygen atoms in total. The Labute approximate surface area is 219 Å². The van der Waals surface area contributed by atoms with Gasteiger partial charge >= 0.3 is 0 Å². The number of nitrogens with one attached hydrogen (secondary N) is 2. The number of hydrogen-bond donors (Lipinski definition) is 2. The van der Waals surface area contributed by atoms with Crippen molar-refractivity contribution in [2.24, 2.45) is 0 Å². The molecule has 1 unspecified atom stereocenters. The van der Waals surface area contributed by atoms with Crippen LogP contribution in [0, 0.1) is 11.8 Å². The highest BCUT2D eigenvalue weighted by molar-refractivity contribution is 7.27. The van der Waals surface area contributed by atoms with Crippen molar-refractivity contribution in [3.63, 3.8) is 0 Å². The molecule has 0 aliphatic heterocycles. The Kier molecular flexibility index (Phi) is 8.50. The summed E-state index contributed by atoms with van der Waals surface area (Å²) in [5.74, 6) is -1.38.